The summed E-state index contributed by atoms with van der Waals surface area (Å²) < 4.78 is 1.81. The SMILES string of the molecule is CCCNCCc1ncnn1C. The number of aryl methyl sites for hydroxylation is 1. The lowest BCUT2D eigenvalue weighted by Crippen LogP contribution is -2.19. The molecule has 0 spiro atoms. The van der Waals surface area contributed by atoms with Crippen molar-refractivity contribution in [2.45, 2.75) is 19.8 Å². The average Bonchev–Trinajstić information content (AvgIpc) is 2.46. The molecule has 1 heterocycles. The molecular formula is C8H16N4. The van der Waals surface area contributed by atoms with Gasteiger partial charge in [0.05, 0.1) is 0 Å². The number of rotatable bonds is 5. The smallest absolute Gasteiger partial charge is 0.138 e. The van der Waals surface area contributed by atoms with Crippen LogP contribution >= 0.6 is 0 Å². The van der Waals surface area contributed by atoms with E-state index in [4.69, 9.17) is 0 Å². The molecule has 0 unspecified atom stereocenters. The zero-order valence-electron chi connectivity index (χ0n) is 7.75. The van der Waals surface area contributed by atoms with Crippen LogP contribution in [0.2, 0.25) is 0 Å². The van der Waals surface area contributed by atoms with E-state index < -0.39 is 0 Å². The Labute approximate surface area is 73.0 Å². The predicted molar refractivity (Wildman–Crippen MR) is 47.9 cm³/mol. The van der Waals surface area contributed by atoms with E-state index in [1.165, 1.54) is 6.42 Å². The van der Waals surface area contributed by atoms with Gasteiger partial charge in [-0.1, -0.05) is 6.92 Å². The van der Waals surface area contributed by atoms with Gasteiger partial charge >= 0.3 is 0 Å². The highest BCUT2D eigenvalue weighted by atomic mass is 15.3. The lowest BCUT2D eigenvalue weighted by atomic mass is 10.4. The molecule has 1 N–H and O–H groups in total. The molecule has 0 saturated carbocycles. The van der Waals surface area contributed by atoms with Gasteiger partial charge in [0.25, 0.3) is 0 Å². The molecule has 4 heteroatoms. The molecule has 1 aromatic heterocycles. The number of hydrogen-bond acceptors (Lipinski definition) is 3. The third-order valence-corrected chi connectivity index (χ3v) is 1.76. The molecule has 0 aliphatic carbocycles. The molecule has 0 aliphatic heterocycles. The molecule has 1 rings (SSSR count). The Balaban J connectivity index is 2.20. The van der Waals surface area contributed by atoms with Gasteiger partial charge in [-0.05, 0) is 13.0 Å². The van der Waals surface area contributed by atoms with Gasteiger partial charge in [0.2, 0.25) is 0 Å². The molecular weight excluding hydrogens is 152 g/mol. The summed E-state index contributed by atoms with van der Waals surface area (Å²) in [5.41, 5.74) is 0. The maximum atomic E-state index is 4.13. The quantitative estimate of drug-likeness (QED) is 0.645. The topological polar surface area (TPSA) is 42.7 Å². The number of nitrogens with one attached hydrogen (secondary N) is 1. The fourth-order valence-electron chi connectivity index (χ4n) is 1.05. The Bertz CT molecular complexity index is 219. The van der Waals surface area contributed by atoms with E-state index in [1.807, 2.05) is 11.7 Å². The van der Waals surface area contributed by atoms with E-state index >= 15 is 0 Å². The molecule has 1 aromatic rings. The summed E-state index contributed by atoms with van der Waals surface area (Å²) in [5, 5.41) is 7.31. The summed E-state index contributed by atoms with van der Waals surface area (Å²) in [6.45, 7) is 4.23. The first-order valence-corrected chi connectivity index (χ1v) is 4.38. The minimum Gasteiger partial charge on any atom is -0.316 e. The van der Waals surface area contributed by atoms with Crippen molar-refractivity contribution in [1.29, 1.82) is 0 Å². The van der Waals surface area contributed by atoms with Gasteiger partial charge in [-0.2, -0.15) is 5.10 Å². The summed E-state index contributed by atoms with van der Waals surface area (Å²) in [6, 6.07) is 0. The summed E-state index contributed by atoms with van der Waals surface area (Å²) >= 11 is 0. The average molecular weight is 168 g/mol. The summed E-state index contributed by atoms with van der Waals surface area (Å²) in [6.07, 6.45) is 3.73. The van der Waals surface area contributed by atoms with Crippen molar-refractivity contribution in [2.75, 3.05) is 13.1 Å². The lowest BCUT2D eigenvalue weighted by Gasteiger charge is -2.01. The monoisotopic (exact) mass is 168 g/mol. The first-order valence-electron chi connectivity index (χ1n) is 4.38. The Hall–Kier alpha value is -0.900. The van der Waals surface area contributed by atoms with Crippen molar-refractivity contribution in [3.05, 3.63) is 12.2 Å². The van der Waals surface area contributed by atoms with Crippen molar-refractivity contribution >= 4 is 0 Å². The van der Waals surface area contributed by atoms with Gasteiger partial charge in [0.1, 0.15) is 12.2 Å². The highest BCUT2D eigenvalue weighted by Gasteiger charge is 1.97. The largest absolute Gasteiger partial charge is 0.316 e. The molecule has 0 radical (unpaired) electrons. The third-order valence-electron chi connectivity index (χ3n) is 1.76. The third kappa shape index (κ3) is 2.62. The Kier molecular flexibility index (Phi) is 3.73. The highest BCUT2D eigenvalue weighted by Crippen LogP contribution is 1.90. The van der Waals surface area contributed by atoms with Crippen LogP contribution in [0.25, 0.3) is 0 Å². The van der Waals surface area contributed by atoms with E-state index in [0.29, 0.717) is 0 Å². The standard InChI is InChI=1S/C8H16N4/c1-3-5-9-6-4-8-10-7-11-12(8)2/h7,9H,3-6H2,1-2H3. The fourth-order valence-corrected chi connectivity index (χ4v) is 1.05. The van der Waals surface area contributed by atoms with Crippen LogP contribution in [-0.4, -0.2) is 27.9 Å². The van der Waals surface area contributed by atoms with Crippen molar-refractivity contribution in [1.82, 2.24) is 20.1 Å². The summed E-state index contributed by atoms with van der Waals surface area (Å²) in [7, 11) is 1.92. The first-order chi connectivity index (χ1) is 5.84. The van der Waals surface area contributed by atoms with Crippen LogP contribution in [0.1, 0.15) is 19.2 Å². The predicted octanol–water partition coefficient (Wildman–Crippen LogP) is 0.357. The van der Waals surface area contributed by atoms with E-state index in [-0.39, 0.29) is 0 Å². The molecule has 4 nitrogen and oxygen atoms in total. The van der Waals surface area contributed by atoms with Gasteiger partial charge in [0.15, 0.2) is 0 Å². The summed E-state index contributed by atoms with van der Waals surface area (Å²) in [4.78, 5) is 4.13. The molecule has 0 fully saturated rings. The fraction of sp³-hybridized carbons (Fsp3) is 0.750. The minimum atomic E-state index is 0.955. The second-order valence-electron chi connectivity index (χ2n) is 2.80. The normalized spacial score (nSPS) is 10.5. The molecule has 0 aromatic carbocycles. The van der Waals surface area contributed by atoms with Gasteiger partial charge in [-0.25, -0.2) is 4.98 Å². The van der Waals surface area contributed by atoms with Crippen LogP contribution < -0.4 is 5.32 Å². The van der Waals surface area contributed by atoms with Crippen LogP contribution in [0.5, 0.6) is 0 Å². The van der Waals surface area contributed by atoms with Crippen molar-refractivity contribution in [2.24, 2.45) is 7.05 Å². The van der Waals surface area contributed by atoms with Crippen LogP contribution in [-0.2, 0) is 13.5 Å². The molecule has 0 bridgehead atoms. The van der Waals surface area contributed by atoms with Crippen LogP contribution in [0.15, 0.2) is 6.33 Å². The number of aromatic nitrogens is 3. The zero-order chi connectivity index (χ0) is 8.81. The second kappa shape index (κ2) is 4.87. The van der Waals surface area contributed by atoms with Gasteiger partial charge < -0.3 is 5.32 Å². The molecule has 0 aliphatic rings. The van der Waals surface area contributed by atoms with E-state index in [1.54, 1.807) is 6.33 Å². The van der Waals surface area contributed by atoms with Crippen LogP contribution in [0.3, 0.4) is 0 Å². The summed E-state index contributed by atoms with van der Waals surface area (Å²) in [5.74, 6) is 1.04. The van der Waals surface area contributed by atoms with E-state index in [9.17, 15) is 0 Å². The Morgan fingerprint density at radius 1 is 1.50 bits per heavy atom. The first kappa shape index (κ1) is 9.19. The van der Waals surface area contributed by atoms with Crippen LogP contribution in [0, 0.1) is 0 Å². The molecule has 68 valence electrons. The van der Waals surface area contributed by atoms with E-state index in [2.05, 4.69) is 22.3 Å². The number of hydrogen-bond donors (Lipinski definition) is 1. The molecule has 0 atom stereocenters. The second-order valence-corrected chi connectivity index (χ2v) is 2.80. The maximum Gasteiger partial charge on any atom is 0.138 e. The van der Waals surface area contributed by atoms with Gasteiger partial charge in [0, 0.05) is 20.0 Å². The van der Waals surface area contributed by atoms with Crippen molar-refractivity contribution in [3.63, 3.8) is 0 Å². The van der Waals surface area contributed by atoms with Gasteiger partial charge in [-0.3, -0.25) is 4.68 Å². The zero-order valence-corrected chi connectivity index (χ0v) is 7.75. The molecule has 12 heavy (non-hydrogen) atoms. The number of nitrogens with zero attached hydrogens (tertiary/aromatic N) is 3. The highest BCUT2D eigenvalue weighted by molar-refractivity contribution is 4.83. The maximum absolute atomic E-state index is 4.13. The molecule has 0 saturated heterocycles. The van der Waals surface area contributed by atoms with Crippen LogP contribution in [0.4, 0.5) is 0 Å². The van der Waals surface area contributed by atoms with Gasteiger partial charge in [-0.15, -0.1) is 0 Å². The molecule has 0 amide bonds. The van der Waals surface area contributed by atoms with E-state index in [0.717, 1.165) is 25.3 Å². The van der Waals surface area contributed by atoms with Crippen molar-refractivity contribution < 1.29 is 0 Å². The Morgan fingerprint density at radius 3 is 2.92 bits per heavy atom. The lowest BCUT2D eigenvalue weighted by molar-refractivity contribution is 0.628. The van der Waals surface area contributed by atoms with Crippen molar-refractivity contribution in [3.8, 4) is 0 Å². The Morgan fingerprint density at radius 2 is 2.33 bits per heavy atom. The minimum absolute atomic E-state index is 0.955.